The molecule has 0 aliphatic rings. The Bertz CT molecular complexity index is 6.00. The van der Waals surface area contributed by atoms with E-state index >= 15 is 0 Å². The summed E-state index contributed by atoms with van der Waals surface area (Å²) >= 11 is 0. The third-order valence-electron chi connectivity index (χ3n) is 0. The minimum atomic E-state index is 0. The van der Waals surface area contributed by atoms with Crippen molar-refractivity contribution in [2.24, 2.45) is 0 Å². The molecule has 0 heterocycles. The molecule has 0 amide bonds. The fourth-order valence-corrected chi connectivity index (χ4v) is 0. The second kappa shape index (κ2) is 33.0. The van der Waals surface area contributed by atoms with E-state index in [0.717, 1.165) is 0 Å². The molecule has 2 nitrogen and oxygen atoms in total. The Morgan fingerprint density at radius 3 is 0.750 bits per heavy atom. The zero-order chi connectivity index (χ0) is 0. The van der Waals surface area contributed by atoms with E-state index in [1.807, 2.05) is 0 Å². The summed E-state index contributed by atoms with van der Waals surface area (Å²) in [6.45, 7) is 0. The Morgan fingerprint density at radius 1 is 0.750 bits per heavy atom. The molecule has 0 saturated carbocycles. The quantitative estimate of drug-likeness (QED) is 0.353. The summed E-state index contributed by atoms with van der Waals surface area (Å²) in [5, 5.41) is 0. The Hall–Kier alpha value is 1.09. The van der Waals surface area contributed by atoms with E-state index < -0.39 is 0 Å². The van der Waals surface area contributed by atoms with E-state index in [9.17, 15) is 0 Å². The molecule has 26 valence electrons. The summed E-state index contributed by atoms with van der Waals surface area (Å²) in [6, 6.07) is 0. The van der Waals surface area contributed by atoms with E-state index in [-0.39, 0.29) is 48.0 Å². The van der Waals surface area contributed by atoms with Crippen molar-refractivity contribution in [3.05, 3.63) is 0 Å². The van der Waals surface area contributed by atoms with Gasteiger partial charge >= 0.3 is 17.6 Å². The second-order valence-corrected chi connectivity index (χ2v) is 0. The van der Waals surface area contributed by atoms with Crippen LogP contribution in [0.3, 0.4) is 0 Å². The average Bonchev–Trinajstić information content (AvgIpc) is 0. The average molecular weight is 178 g/mol. The van der Waals surface area contributed by atoms with Crippen LogP contribution in [-0.2, 0) is 19.5 Å². The maximum Gasteiger partial charge on any atom is 0 e. The summed E-state index contributed by atoms with van der Waals surface area (Å²) in [4.78, 5) is 0. The topological polar surface area (TPSA) is 63.0 Å². The Kier molecular flexibility index (Phi) is 594. The van der Waals surface area contributed by atoms with Crippen LogP contribution in [-0.4, -0.2) is 28.5 Å². The van der Waals surface area contributed by atoms with Gasteiger partial charge in [0.15, 0.2) is 0 Å². The molecular weight excluding hydrogens is 170 g/mol. The molecule has 4 N–H and O–H groups in total. The predicted octanol–water partition coefficient (Wildman–Crippen LogP) is -3.10. The van der Waals surface area contributed by atoms with Gasteiger partial charge in [0.2, 0.25) is 0 Å². The molecule has 0 spiro atoms. The molecule has 0 rings (SSSR count). The minimum Gasteiger partial charge on any atom is 0 e. The van der Waals surface area contributed by atoms with Crippen molar-refractivity contribution in [2.75, 3.05) is 0 Å². The number of hydrogen-bond acceptors (Lipinski definition) is 0. The van der Waals surface area contributed by atoms with Crippen LogP contribution >= 0.6 is 0 Å². The summed E-state index contributed by atoms with van der Waals surface area (Å²) < 4.78 is 0. The Balaban J connectivity index is 0. The van der Waals surface area contributed by atoms with Crippen molar-refractivity contribution in [2.45, 2.75) is 0 Å². The summed E-state index contributed by atoms with van der Waals surface area (Å²) in [5.41, 5.74) is 0. The smallest absolute Gasteiger partial charge is 0 e. The van der Waals surface area contributed by atoms with E-state index in [1.165, 1.54) is 0 Å². The second-order valence-electron chi connectivity index (χ2n) is 0. The number of rotatable bonds is 0. The molecule has 0 saturated heterocycles. The van der Waals surface area contributed by atoms with Crippen LogP contribution in [0.25, 0.3) is 0 Å². The van der Waals surface area contributed by atoms with Crippen LogP contribution in [0.15, 0.2) is 0 Å². The zero-order valence-electron chi connectivity index (χ0n) is 1.71. The van der Waals surface area contributed by atoms with Crippen LogP contribution in [0.2, 0.25) is 0 Å². The molecule has 0 aromatic carbocycles. The molecule has 4 heteroatoms. The van der Waals surface area contributed by atoms with Crippen molar-refractivity contribution in [3.63, 3.8) is 0 Å². The fraction of sp³-hybridized carbons (Fsp3) is 0. The number of hydrogen-bond donors (Lipinski definition) is 0. The van der Waals surface area contributed by atoms with Crippen LogP contribution in [0.4, 0.5) is 0 Å². The standard InChI is InChI=1S/GeH4.2H2O.Zn/h1H4;2*1H2;. The van der Waals surface area contributed by atoms with Crippen molar-refractivity contribution in [1.29, 1.82) is 0 Å². The molecule has 0 aliphatic heterocycles. The maximum atomic E-state index is 0. The van der Waals surface area contributed by atoms with Gasteiger partial charge in [0.05, 0.1) is 0 Å². The first kappa shape index (κ1) is 72.0. The SMILES string of the molecule is O.O.[GeH4].[Zn]. The fourth-order valence-electron chi connectivity index (χ4n) is 0. The van der Waals surface area contributed by atoms with Gasteiger partial charge in [0.25, 0.3) is 0 Å². The van der Waals surface area contributed by atoms with Gasteiger partial charge in [-0.25, -0.2) is 0 Å². The van der Waals surface area contributed by atoms with Gasteiger partial charge in [0.1, 0.15) is 0 Å². The molecule has 0 unspecified atom stereocenters. The van der Waals surface area contributed by atoms with Gasteiger partial charge in [-0.05, 0) is 0 Å². The Labute approximate surface area is 48.3 Å². The van der Waals surface area contributed by atoms with Gasteiger partial charge in [-0.15, -0.1) is 0 Å². The molecule has 0 aromatic rings. The van der Waals surface area contributed by atoms with Gasteiger partial charge in [0, 0.05) is 19.5 Å². The van der Waals surface area contributed by atoms with E-state index in [1.54, 1.807) is 0 Å². The van der Waals surface area contributed by atoms with Crippen molar-refractivity contribution in [3.8, 4) is 0 Å². The zero-order valence-corrected chi connectivity index (χ0v) is 4.67. The molecule has 4 heavy (non-hydrogen) atoms. The molecule has 0 fully saturated rings. The predicted molar refractivity (Wildman–Crippen MR) is 18.6 cm³/mol. The first-order valence-electron chi connectivity index (χ1n) is 0. The van der Waals surface area contributed by atoms with E-state index in [4.69, 9.17) is 0 Å². The van der Waals surface area contributed by atoms with Crippen LogP contribution in [0, 0.1) is 0 Å². The minimum absolute atomic E-state index is 0. The molecule has 0 aliphatic carbocycles. The largest absolute Gasteiger partial charge is 0 e. The molecule has 0 radical (unpaired) electrons. The van der Waals surface area contributed by atoms with Crippen molar-refractivity contribution < 1.29 is 30.4 Å². The van der Waals surface area contributed by atoms with Gasteiger partial charge in [-0.1, -0.05) is 0 Å². The summed E-state index contributed by atoms with van der Waals surface area (Å²) in [5.74, 6) is 0. The third kappa shape index (κ3) is 11.4. The van der Waals surface area contributed by atoms with E-state index in [2.05, 4.69) is 0 Å². The first-order chi connectivity index (χ1) is 0. The summed E-state index contributed by atoms with van der Waals surface area (Å²) in [7, 11) is 0. The van der Waals surface area contributed by atoms with Crippen molar-refractivity contribution in [1.82, 2.24) is 0 Å². The van der Waals surface area contributed by atoms with Gasteiger partial charge in [-0.3, -0.25) is 0 Å². The Morgan fingerprint density at radius 2 is 0.750 bits per heavy atom. The molecular formula is H8GeO2Zn. The third-order valence-corrected chi connectivity index (χ3v) is 0. The molecule has 0 aromatic heterocycles. The molecule has 0 atom stereocenters. The van der Waals surface area contributed by atoms with Gasteiger partial charge in [-0.2, -0.15) is 0 Å². The van der Waals surface area contributed by atoms with Crippen LogP contribution in [0.1, 0.15) is 0 Å². The van der Waals surface area contributed by atoms with Crippen molar-refractivity contribution >= 4 is 17.6 Å². The monoisotopic (exact) mass is 178 g/mol. The van der Waals surface area contributed by atoms with Gasteiger partial charge < -0.3 is 11.0 Å². The summed E-state index contributed by atoms with van der Waals surface area (Å²) in [6.07, 6.45) is 0. The molecule has 0 bridgehead atoms. The first-order valence-corrected chi connectivity index (χ1v) is 0. The normalized spacial score (nSPS) is 0. The van der Waals surface area contributed by atoms with Crippen LogP contribution < -0.4 is 0 Å². The maximum absolute atomic E-state index is 0. The van der Waals surface area contributed by atoms with E-state index in [0.29, 0.717) is 0 Å². The van der Waals surface area contributed by atoms with Crippen LogP contribution in [0.5, 0.6) is 0 Å².